The molecule has 0 atom stereocenters. The molecule has 0 unspecified atom stereocenters. The number of aryl methyl sites for hydroxylation is 1. The molecule has 1 amide bonds. The zero-order chi connectivity index (χ0) is 20.8. The van der Waals surface area contributed by atoms with Gasteiger partial charge < -0.3 is 0 Å². The maximum absolute atomic E-state index is 13.2. The molecule has 0 spiro atoms. The third-order valence-electron chi connectivity index (χ3n) is 5.83. The van der Waals surface area contributed by atoms with Crippen LogP contribution in [0, 0.1) is 6.92 Å². The van der Waals surface area contributed by atoms with Crippen LogP contribution in [0.5, 0.6) is 0 Å². The van der Waals surface area contributed by atoms with Crippen molar-refractivity contribution in [2.75, 3.05) is 13.1 Å². The average Bonchev–Trinajstić information content (AvgIpc) is 3.28. The first kappa shape index (κ1) is 20.1. The second kappa shape index (κ2) is 8.00. The van der Waals surface area contributed by atoms with Crippen LogP contribution in [-0.2, 0) is 6.42 Å². The van der Waals surface area contributed by atoms with Gasteiger partial charge in [-0.15, -0.1) is 11.3 Å². The summed E-state index contributed by atoms with van der Waals surface area (Å²) in [4.78, 5) is 14.5. The first-order valence-corrected chi connectivity index (χ1v) is 11.9. The number of thiophene rings is 1. The predicted molar refractivity (Wildman–Crippen MR) is 122 cm³/mol. The van der Waals surface area contributed by atoms with E-state index < -0.39 is 0 Å². The number of hydrogen-bond donors (Lipinski definition) is 1. The molecule has 2 aromatic heterocycles. The van der Waals surface area contributed by atoms with Gasteiger partial charge in [0.25, 0.3) is 5.91 Å². The quantitative estimate of drug-likeness (QED) is 0.430. The van der Waals surface area contributed by atoms with Crippen molar-refractivity contribution in [2.24, 2.45) is 0 Å². The van der Waals surface area contributed by atoms with E-state index in [0.29, 0.717) is 15.7 Å². The van der Waals surface area contributed by atoms with Gasteiger partial charge in [-0.3, -0.25) is 10.2 Å². The molecule has 2 aliphatic rings. The summed E-state index contributed by atoms with van der Waals surface area (Å²) in [5, 5.41) is 10.0. The number of fused-ring (bicyclic) bond motifs is 3. The summed E-state index contributed by atoms with van der Waals surface area (Å²) in [6, 6.07) is 5.36. The lowest BCUT2D eigenvalue weighted by Crippen LogP contribution is -2.43. The standard InChI is InChI=1S/C22H22Cl2N4OS/c1-13-12-30-18-11-15-20(22(29)26-27-8-4-2-3-5-9-27)25-28(21(15)19(13)18)17-7-6-14(23)10-16(17)24/h6-7,10,12H,2-5,8-9,11H2,1H3,(H,26,29). The van der Waals surface area contributed by atoms with Gasteiger partial charge in [-0.2, -0.15) is 5.10 Å². The molecule has 5 nitrogen and oxygen atoms in total. The molecule has 1 aliphatic heterocycles. The summed E-state index contributed by atoms with van der Waals surface area (Å²) in [7, 11) is 0. The van der Waals surface area contributed by atoms with E-state index in [0.717, 1.165) is 49.3 Å². The molecule has 30 heavy (non-hydrogen) atoms. The molecule has 1 fully saturated rings. The van der Waals surface area contributed by atoms with Crippen LogP contribution in [0.2, 0.25) is 10.0 Å². The highest BCUT2D eigenvalue weighted by molar-refractivity contribution is 7.10. The molecule has 156 valence electrons. The minimum atomic E-state index is -0.148. The molecule has 0 saturated carbocycles. The van der Waals surface area contributed by atoms with E-state index in [-0.39, 0.29) is 5.91 Å². The Morgan fingerprint density at radius 1 is 1.17 bits per heavy atom. The minimum Gasteiger partial charge on any atom is -0.283 e. The molecule has 1 aromatic carbocycles. The molecule has 3 aromatic rings. The summed E-state index contributed by atoms with van der Waals surface area (Å²) >= 11 is 14.4. The van der Waals surface area contributed by atoms with Crippen LogP contribution in [0.4, 0.5) is 0 Å². The van der Waals surface area contributed by atoms with E-state index in [2.05, 4.69) is 17.7 Å². The Kier molecular flexibility index (Phi) is 5.35. The van der Waals surface area contributed by atoms with Crippen molar-refractivity contribution >= 4 is 40.4 Å². The fraction of sp³-hybridized carbons (Fsp3) is 0.364. The lowest BCUT2D eigenvalue weighted by Gasteiger charge is -2.20. The second-order valence-corrected chi connectivity index (χ2v) is 9.73. The van der Waals surface area contributed by atoms with E-state index in [1.165, 1.54) is 28.8 Å². The number of carbonyl (C=O) groups excluding carboxylic acids is 1. The van der Waals surface area contributed by atoms with E-state index in [1.807, 2.05) is 15.8 Å². The van der Waals surface area contributed by atoms with Crippen LogP contribution in [0.3, 0.4) is 0 Å². The van der Waals surface area contributed by atoms with Crippen LogP contribution in [-0.4, -0.2) is 33.8 Å². The highest BCUT2D eigenvalue weighted by atomic mass is 35.5. The van der Waals surface area contributed by atoms with Gasteiger partial charge in [0.2, 0.25) is 0 Å². The number of nitrogens with one attached hydrogen (secondary N) is 1. The number of hydrogen-bond acceptors (Lipinski definition) is 4. The molecule has 8 heteroatoms. The summed E-state index contributed by atoms with van der Waals surface area (Å²) in [5.41, 5.74) is 8.60. The highest BCUT2D eigenvalue weighted by Crippen LogP contribution is 2.45. The Bertz CT molecular complexity index is 1130. The van der Waals surface area contributed by atoms with Crippen LogP contribution in [0.1, 0.15) is 52.2 Å². The lowest BCUT2D eigenvalue weighted by atomic mass is 10.1. The number of aromatic nitrogens is 2. The normalized spacial score (nSPS) is 16.2. The minimum absolute atomic E-state index is 0.148. The van der Waals surface area contributed by atoms with Gasteiger partial charge in [0, 0.05) is 40.5 Å². The summed E-state index contributed by atoms with van der Waals surface area (Å²) in [6.45, 7) is 3.86. The first-order chi connectivity index (χ1) is 14.5. The maximum Gasteiger partial charge on any atom is 0.286 e. The molecule has 1 aliphatic carbocycles. The molecular weight excluding hydrogens is 439 g/mol. The zero-order valence-corrected chi connectivity index (χ0v) is 19.0. The fourth-order valence-electron chi connectivity index (χ4n) is 4.37. The smallest absolute Gasteiger partial charge is 0.283 e. The van der Waals surface area contributed by atoms with Gasteiger partial charge in [-0.1, -0.05) is 36.0 Å². The van der Waals surface area contributed by atoms with Crippen LogP contribution >= 0.6 is 34.5 Å². The highest BCUT2D eigenvalue weighted by Gasteiger charge is 2.34. The molecule has 0 radical (unpaired) electrons. The molecule has 3 heterocycles. The van der Waals surface area contributed by atoms with E-state index in [1.54, 1.807) is 23.5 Å². The largest absolute Gasteiger partial charge is 0.286 e. The van der Waals surface area contributed by atoms with E-state index in [4.69, 9.17) is 28.3 Å². The van der Waals surface area contributed by atoms with Crippen LogP contribution in [0.15, 0.2) is 23.6 Å². The Hall–Kier alpha value is -1.86. The number of halogens is 2. The molecule has 5 rings (SSSR count). The molecular formula is C22H22Cl2N4OS. The predicted octanol–water partition coefficient (Wildman–Crippen LogP) is 5.64. The maximum atomic E-state index is 13.2. The van der Waals surface area contributed by atoms with Crippen molar-refractivity contribution < 1.29 is 4.79 Å². The molecule has 0 bridgehead atoms. The van der Waals surface area contributed by atoms with Gasteiger partial charge in [0.15, 0.2) is 5.69 Å². The number of rotatable bonds is 3. The van der Waals surface area contributed by atoms with Crippen LogP contribution in [0.25, 0.3) is 16.9 Å². The van der Waals surface area contributed by atoms with Crippen molar-refractivity contribution in [3.8, 4) is 16.9 Å². The van der Waals surface area contributed by atoms with Gasteiger partial charge >= 0.3 is 0 Å². The summed E-state index contributed by atoms with van der Waals surface area (Å²) < 4.78 is 1.82. The van der Waals surface area contributed by atoms with Gasteiger partial charge in [-0.25, -0.2) is 9.69 Å². The van der Waals surface area contributed by atoms with Crippen molar-refractivity contribution in [3.05, 3.63) is 55.3 Å². The number of nitrogens with zero attached hydrogens (tertiary/aromatic N) is 3. The topological polar surface area (TPSA) is 50.2 Å². The van der Waals surface area contributed by atoms with Crippen molar-refractivity contribution in [3.63, 3.8) is 0 Å². The summed E-state index contributed by atoms with van der Waals surface area (Å²) in [5.74, 6) is -0.148. The van der Waals surface area contributed by atoms with Crippen molar-refractivity contribution in [1.82, 2.24) is 20.2 Å². The van der Waals surface area contributed by atoms with Gasteiger partial charge in [-0.05, 0) is 48.9 Å². The Morgan fingerprint density at radius 3 is 2.67 bits per heavy atom. The Morgan fingerprint density at radius 2 is 1.93 bits per heavy atom. The second-order valence-electron chi connectivity index (χ2n) is 7.92. The van der Waals surface area contributed by atoms with Gasteiger partial charge in [0.05, 0.1) is 16.4 Å². The monoisotopic (exact) mass is 460 g/mol. The number of carbonyl (C=O) groups is 1. The lowest BCUT2D eigenvalue weighted by molar-refractivity contribution is 0.0787. The SMILES string of the molecule is Cc1csc2c1-c1c(c(C(=O)NN3CCCCCC3)nn1-c1ccc(Cl)cc1Cl)C2. The Labute approximate surface area is 189 Å². The number of benzene rings is 1. The molecule has 1 N–H and O–H groups in total. The number of amides is 1. The Balaban J connectivity index is 1.59. The first-order valence-electron chi connectivity index (χ1n) is 10.2. The van der Waals surface area contributed by atoms with Crippen molar-refractivity contribution in [1.29, 1.82) is 0 Å². The van der Waals surface area contributed by atoms with E-state index in [9.17, 15) is 4.79 Å². The molecule has 1 saturated heterocycles. The van der Waals surface area contributed by atoms with Crippen LogP contribution < -0.4 is 5.43 Å². The summed E-state index contributed by atoms with van der Waals surface area (Å²) in [6.07, 6.45) is 5.35. The third-order valence-corrected chi connectivity index (χ3v) is 7.47. The number of hydrazine groups is 1. The van der Waals surface area contributed by atoms with Crippen molar-refractivity contribution in [2.45, 2.75) is 39.0 Å². The third kappa shape index (κ3) is 3.46. The fourth-order valence-corrected chi connectivity index (χ4v) is 5.90. The van der Waals surface area contributed by atoms with Gasteiger partial charge in [0.1, 0.15) is 0 Å². The zero-order valence-electron chi connectivity index (χ0n) is 16.7. The van der Waals surface area contributed by atoms with E-state index >= 15 is 0 Å². The average molecular weight is 461 g/mol.